The molecule has 5 atom stereocenters. The maximum atomic E-state index is 11.0. The van der Waals surface area contributed by atoms with Crippen LogP contribution in [-0.2, 0) is 18.6 Å². The Labute approximate surface area is 196 Å². The van der Waals surface area contributed by atoms with E-state index < -0.39 is 31.4 Å². The molecule has 3 saturated carbocycles. The van der Waals surface area contributed by atoms with E-state index in [-0.39, 0.29) is 16.9 Å². The Morgan fingerprint density at radius 2 is 1.66 bits per heavy atom. The average molecular weight is 465 g/mol. The summed E-state index contributed by atoms with van der Waals surface area (Å²) in [5, 5.41) is 11.1. The standard InChI is InChI=1S/C26H44O5Si/c1-23(2,3)32(6,7)31-24(4,19-10-8-9-11-19)14-12-20-21-18-26(29-16-17-30-26)25(21,28-5)15-13-22(20)27/h19-22,27H,8-11,13,15-18H2,1-7H3/t20-,21-,22-,24+,25-/m0/s1. The fourth-order valence-electron chi connectivity index (χ4n) is 6.40. The molecule has 0 aromatic rings. The lowest BCUT2D eigenvalue weighted by molar-refractivity contribution is -0.381. The van der Waals surface area contributed by atoms with Gasteiger partial charge in [0.2, 0.25) is 0 Å². The zero-order valence-corrected chi connectivity index (χ0v) is 22.3. The normalized spacial score (nSPS) is 36.8. The quantitative estimate of drug-likeness (QED) is 0.475. The SMILES string of the molecule is CO[C@@]12CC[C@H](O)[C@@H](C#C[C@@](C)(O[Si](C)(C)C(C)(C)C)C3CCCC3)[C@@H]1CC21OCCO1. The maximum absolute atomic E-state index is 11.0. The minimum Gasteiger partial charge on any atom is -0.401 e. The van der Waals surface area contributed by atoms with Crippen LogP contribution in [-0.4, -0.2) is 56.8 Å². The van der Waals surface area contributed by atoms with Gasteiger partial charge < -0.3 is 23.7 Å². The second kappa shape index (κ2) is 8.36. The van der Waals surface area contributed by atoms with E-state index in [1.165, 1.54) is 25.7 Å². The number of methoxy groups -OCH3 is 1. The van der Waals surface area contributed by atoms with Crippen LogP contribution < -0.4 is 0 Å². The van der Waals surface area contributed by atoms with E-state index in [9.17, 15) is 5.11 Å². The summed E-state index contributed by atoms with van der Waals surface area (Å²) in [6, 6.07) is 0. The molecule has 4 aliphatic rings. The van der Waals surface area contributed by atoms with Gasteiger partial charge in [0.15, 0.2) is 14.1 Å². The van der Waals surface area contributed by atoms with Crippen LogP contribution in [0.3, 0.4) is 0 Å². The molecule has 1 saturated heterocycles. The number of rotatable bonds is 4. The van der Waals surface area contributed by atoms with Crippen molar-refractivity contribution in [3.8, 4) is 11.8 Å². The minimum atomic E-state index is -2.01. The molecular weight excluding hydrogens is 420 g/mol. The van der Waals surface area contributed by atoms with Gasteiger partial charge in [-0.15, -0.1) is 0 Å². The molecule has 0 bridgehead atoms. The van der Waals surface area contributed by atoms with Gasteiger partial charge in [0.25, 0.3) is 0 Å². The number of aliphatic hydroxyl groups is 1. The Morgan fingerprint density at radius 1 is 1.03 bits per heavy atom. The molecule has 3 aliphatic carbocycles. The highest BCUT2D eigenvalue weighted by Gasteiger charge is 2.73. The molecule has 4 fully saturated rings. The summed E-state index contributed by atoms with van der Waals surface area (Å²) in [6.07, 6.45) is 6.53. The third kappa shape index (κ3) is 3.81. The number of aliphatic hydroxyl groups excluding tert-OH is 1. The van der Waals surface area contributed by atoms with Gasteiger partial charge in [-0.05, 0) is 56.7 Å². The largest absolute Gasteiger partial charge is 0.401 e. The molecule has 32 heavy (non-hydrogen) atoms. The van der Waals surface area contributed by atoms with Crippen LogP contribution in [0.4, 0.5) is 0 Å². The molecule has 182 valence electrons. The Hall–Kier alpha value is -0.423. The highest BCUT2D eigenvalue weighted by atomic mass is 28.4. The molecule has 0 radical (unpaired) electrons. The van der Waals surface area contributed by atoms with Gasteiger partial charge >= 0.3 is 0 Å². The van der Waals surface area contributed by atoms with E-state index in [1.54, 1.807) is 7.11 Å². The predicted octanol–water partition coefficient (Wildman–Crippen LogP) is 4.88. The van der Waals surface area contributed by atoms with Crippen LogP contribution in [0.2, 0.25) is 18.1 Å². The summed E-state index contributed by atoms with van der Waals surface area (Å²) in [7, 11) is -0.252. The van der Waals surface area contributed by atoms with Crippen LogP contribution in [0.1, 0.15) is 72.6 Å². The lowest BCUT2D eigenvalue weighted by Gasteiger charge is -2.63. The van der Waals surface area contributed by atoms with Gasteiger partial charge in [0, 0.05) is 19.4 Å². The maximum Gasteiger partial charge on any atom is 0.198 e. The average Bonchev–Trinajstić information content (AvgIpc) is 3.40. The molecule has 1 N–H and O–H groups in total. The number of fused-ring (bicyclic) bond motifs is 2. The van der Waals surface area contributed by atoms with Crippen molar-refractivity contribution < 1.29 is 23.7 Å². The van der Waals surface area contributed by atoms with Crippen molar-refractivity contribution in [2.24, 2.45) is 17.8 Å². The highest BCUT2D eigenvalue weighted by molar-refractivity contribution is 6.74. The van der Waals surface area contributed by atoms with Gasteiger partial charge in [-0.25, -0.2) is 0 Å². The fourth-order valence-corrected chi connectivity index (χ4v) is 7.99. The number of ether oxygens (including phenoxy) is 3. The molecular formula is C26H44O5Si. The van der Waals surface area contributed by atoms with Gasteiger partial charge in [0.1, 0.15) is 11.2 Å². The summed E-state index contributed by atoms with van der Waals surface area (Å²) in [4.78, 5) is 0. The fraction of sp³-hybridized carbons (Fsp3) is 0.923. The number of hydrogen-bond donors (Lipinski definition) is 1. The predicted molar refractivity (Wildman–Crippen MR) is 128 cm³/mol. The van der Waals surface area contributed by atoms with Gasteiger partial charge in [-0.2, -0.15) is 0 Å². The summed E-state index contributed by atoms with van der Waals surface area (Å²) < 4.78 is 25.2. The van der Waals surface area contributed by atoms with Crippen LogP contribution in [0.15, 0.2) is 0 Å². The molecule has 1 heterocycles. The van der Waals surface area contributed by atoms with Crippen LogP contribution >= 0.6 is 0 Å². The third-order valence-corrected chi connectivity index (χ3v) is 14.0. The Kier molecular flexibility index (Phi) is 6.45. The smallest absolute Gasteiger partial charge is 0.198 e. The molecule has 6 heteroatoms. The van der Waals surface area contributed by atoms with E-state index in [0.717, 1.165) is 12.8 Å². The van der Waals surface area contributed by atoms with Gasteiger partial charge in [-0.3, -0.25) is 0 Å². The molecule has 4 rings (SSSR count). The van der Waals surface area contributed by atoms with E-state index in [4.69, 9.17) is 18.6 Å². The van der Waals surface area contributed by atoms with Crippen molar-refractivity contribution in [3.05, 3.63) is 0 Å². The van der Waals surface area contributed by atoms with Crippen LogP contribution in [0.5, 0.6) is 0 Å². The molecule has 1 spiro atoms. The van der Waals surface area contributed by atoms with Crippen LogP contribution in [0, 0.1) is 29.6 Å². The molecule has 0 amide bonds. The van der Waals surface area contributed by atoms with Crippen LogP contribution in [0.25, 0.3) is 0 Å². The summed E-state index contributed by atoms with van der Waals surface area (Å²) in [5.74, 6) is 6.97. The van der Waals surface area contributed by atoms with E-state index in [0.29, 0.717) is 25.6 Å². The van der Waals surface area contributed by atoms with Crippen molar-refractivity contribution in [2.45, 2.75) is 114 Å². The zero-order valence-electron chi connectivity index (χ0n) is 21.3. The minimum absolute atomic E-state index is 0.113. The molecule has 5 nitrogen and oxygen atoms in total. The highest BCUT2D eigenvalue weighted by Crippen LogP contribution is 2.62. The summed E-state index contributed by atoms with van der Waals surface area (Å²) >= 11 is 0. The topological polar surface area (TPSA) is 57.2 Å². The number of hydrogen-bond acceptors (Lipinski definition) is 5. The monoisotopic (exact) mass is 464 g/mol. The van der Waals surface area contributed by atoms with Crippen molar-refractivity contribution in [1.29, 1.82) is 0 Å². The van der Waals surface area contributed by atoms with Crippen molar-refractivity contribution in [1.82, 2.24) is 0 Å². The van der Waals surface area contributed by atoms with Gasteiger partial charge in [-0.1, -0.05) is 45.5 Å². The van der Waals surface area contributed by atoms with E-state index in [1.807, 2.05) is 0 Å². The van der Waals surface area contributed by atoms with Crippen molar-refractivity contribution >= 4 is 8.32 Å². The Morgan fingerprint density at radius 3 is 2.22 bits per heavy atom. The first-order valence-electron chi connectivity index (χ1n) is 12.6. The van der Waals surface area contributed by atoms with Gasteiger partial charge in [0.05, 0.1) is 25.2 Å². The first-order valence-corrected chi connectivity index (χ1v) is 15.5. The first-order chi connectivity index (χ1) is 14.9. The second-order valence-corrected chi connectivity index (χ2v) is 16.9. The molecule has 0 aromatic carbocycles. The van der Waals surface area contributed by atoms with Crippen molar-refractivity contribution in [3.63, 3.8) is 0 Å². The molecule has 0 aromatic heterocycles. The molecule has 1 aliphatic heterocycles. The second-order valence-electron chi connectivity index (χ2n) is 12.2. The Balaban J connectivity index is 1.63. The first kappa shape index (κ1) is 24.7. The lowest BCUT2D eigenvalue weighted by atomic mass is 9.52. The molecule has 0 unspecified atom stereocenters. The summed E-state index contributed by atoms with van der Waals surface area (Å²) in [5.41, 5.74) is -0.986. The van der Waals surface area contributed by atoms with E-state index in [2.05, 4.69) is 52.6 Å². The third-order valence-electron chi connectivity index (χ3n) is 9.40. The summed E-state index contributed by atoms with van der Waals surface area (Å²) in [6.45, 7) is 14.9. The van der Waals surface area contributed by atoms with Crippen molar-refractivity contribution in [2.75, 3.05) is 20.3 Å². The van der Waals surface area contributed by atoms with E-state index >= 15 is 0 Å². The lowest BCUT2D eigenvalue weighted by Crippen LogP contribution is -2.74. The Bertz CT molecular complexity index is 752. The zero-order chi connectivity index (χ0) is 23.4.